The maximum Gasteiger partial charge on any atom is 0.127 e. The lowest BCUT2D eigenvalue weighted by Crippen LogP contribution is -2.19. The fraction of sp³-hybridized carbons (Fsp3) is 0.333. The largest absolute Gasteiger partial charge is 0.457 e. The molecule has 0 aliphatic rings. The molecule has 0 spiro atoms. The van der Waals surface area contributed by atoms with Crippen molar-refractivity contribution in [1.82, 2.24) is 0 Å². The van der Waals surface area contributed by atoms with Gasteiger partial charge < -0.3 is 10.5 Å². The van der Waals surface area contributed by atoms with Crippen molar-refractivity contribution < 1.29 is 4.74 Å². The minimum atomic E-state index is 0.247. The zero-order valence-electron chi connectivity index (χ0n) is 12.3. The first-order valence-electron chi connectivity index (χ1n) is 7.11. The van der Waals surface area contributed by atoms with Crippen LogP contribution in [0.1, 0.15) is 25.8 Å². The van der Waals surface area contributed by atoms with Gasteiger partial charge in [-0.1, -0.05) is 44.2 Å². The van der Waals surface area contributed by atoms with Gasteiger partial charge in [0.25, 0.3) is 0 Å². The van der Waals surface area contributed by atoms with Gasteiger partial charge in [0.2, 0.25) is 0 Å². The molecule has 0 aliphatic carbocycles. The number of benzene rings is 2. The average molecular weight is 269 g/mol. The lowest BCUT2D eigenvalue weighted by atomic mass is 9.83. The molecule has 106 valence electrons. The third kappa shape index (κ3) is 4.39. The van der Waals surface area contributed by atoms with Gasteiger partial charge in [-0.15, -0.1) is 0 Å². The van der Waals surface area contributed by atoms with Gasteiger partial charge in [-0.05, 0) is 54.6 Å². The Hall–Kier alpha value is -1.80. The molecule has 0 aliphatic heterocycles. The fourth-order valence-corrected chi connectivity index (χ4v) is 2.33. The van der Waals surface area contributed by atoms with Crippen LogP contribution < -0.4 is 10.5 Å². The van der Waals surface area contributed by atoms with E-state index in [-0.39, 0.29) is 5.41 Å². The van der Waals surface area contributed by atoms with Crippen LogP contribution in [-0.2, 0) is 6.42 Å². The van der Waals surface area contributed by atoms with Crippen molar-refractivity contribution in [1.29, 1.82) is 0 Å². The molecule has 0 atom stereocenters. The molecule has 0 bridgehead atoms. The maximum absolute atomic E-state index is 5.79. The number of nitrogens with two attached hydrogens (primary N) is 1. The normalized spacial score (nSPS) is 11.3. The summed E-state index contributed by atoms with van der Waals surface area (Å²) in [4.78, 5) is 0. The SMILES string of the molecule is CC(C)(CCN)Cc1ccc(Oc2ccccc2)cc1. The number of hydrogen-bond donors (Lipinski definition) is 1. The van der Waals surface area contributed by atoms with Gasteiger partial charge in [-0.3, -0.25) is 0 Å². The van der Waals surface area contributed by atoms with E-state index < -0.39 is 0 Å². The highest BCUT2D eigenvalue weighted by Gasteiger charge is 2.17. The first-order valence-corrected chi connectivity index (χ1v) is 7.11. The van der Waals surface area contributed by atoms with E-state index in [1.807, 2.05) is 42.5 Å². The topological polar surface area (TPSA) is 35.2 Å². The molecule has 2 heteroatoms. The third-order valence-corrected chi connectivity index (χ3v) is 3.41. The molecule has 0 saturated heterocycles. The Kier molecular flexibility index (Phi) is 4.80. The number of rotatable bonds is 6. The van der Waals surface area contributed by atoms with Gasteiger partial charge in [-0.25, -0.2) is 0 Å². The summed E-state index contributed by atoms with van der Waals surface area (Å²) < 4.78 is 5.79. The first-order chi connectivity index (χ1) is 9.59. The molecule has 2 aromatic rings. The van der Waals surface area contributed by atoms with Crippen molar-refractivity contribution in [2.24, 2.45) is 11.1 Å². The molecule has 2 N–H and O–H groups in total. The van der Waals surface area contributed by atoms with E-state index in [4.69, 9.17) is 10.5 Å². The molecule has 2 nitrogen and oxygen atoms in total. The molecule has 2 rings (SSSR count). The van der Waals surface area contributed by atoms with E-state index in [2.05, 4.69) is 26.0 Å². The summed E-state index contributed by atoms with van der Waals surface area (Å²) in [5, 5.41) is 0. The first kappa shape index (κ1) is 14.6. The highest BCUT2D eigenvalue weighted by atomic mass is 16.5. The molecule has 0 saturated carbocycles. The van der Waals surface area contributed by atoms with Crippen LogP contribution in [0.25, 0.3) is 0 Å². The lowest BCUT2D eigenvalue weighted by Gasteiger charge is -2.23. The number of ether oxygens (including phenoxy) is 1. The van der Waals surface area contributed by atoms with Gasteiger partial charge in [0.15, 0.2) is 0 Å². The van der Waals surface area contributed by atoms with E-state index >= 15 is 0 Å². The smallest absolute Gasteiger partial charge is 0.127 e. The summed E-state index contributed by atoms with van der Waals surface area (Å²) in [5.41, 5.74) is 7.23. The van der Waals surface area contributed by atoms with Gasteiger partial charge in [0.05, 0.1) is 0 Å². The molecule has 2 aromatic carbocycles. The van der Waals surface area contributed by atoms with Crippen molar-refractivity contribution in [3.63, 3.8) is 0 Å². The minimum Gasteiger partial charge on any atom is -0.457 e. The molecule has 0 heterocycles. The Morgan fingerprint density at radius 1 is 0.900 bits per heavy atom. The molecule has 0 unspecified atom stereocenters. The standard InChI is InChI=1S/C18H23NO/c1-18(2,12-13-19)14-15-8-10-17(11-9-15)20-16-6-4-3-5-7-16/h3-11H,12-14,19H2,1-2H3. The molecule has 0 radical (unpaired) electrons. The van der Waals surface area contributed by atoms with E-state index in [1.54, 1.807) is 0 Å². The zero-order chi connectivity index (χ0) is 14.4. The van der Waals surface area contributed by atoms with Crippen molar-refractivity contribution >= 4 is 0 Å². The monoisotopic (exact) mass is 269 g/mol. The maximum atomic E-state index is 5.79. The predicted molar refractivity (Wildman–Crippen MR) is 84.1 cm³/mol. The van der Waals surface area contributed by atoms with E-state index in [1.165, 1.54) is 5.56 Å². The van der Waals surface area contributed by atoms with Gasteiger partial charge in [0, 0.05) is 0 Å². The van der Waals surface area contributed by atoms with Crippen molar-refractivity contribution in [2.45, 2.75) is 26.7 Å². The summed E-state index contributed by atoms with van der Waals surface area (Å²) in [6.07, 6.45) is 2.07. The number of para-hydroxylation sites is 1. The predicted octanol–water partition coefficient (Wildman–Crippen LogP) is 4.40. The average Bonchev–Trinajstić information content (AvgIpc) is 2.42. The van der Waals surface area contributed by atoms with Crippen LogP contribution in [0.5, 0.6) is 11.5 Å². The highest BCUT2D eigenvalue weighted by Crippen LogP contribution is 2.27. The van der Waals surface area contributed by atoms with Gasteiger partial charge in [-0.2, -0.15) is 0 Å². The second-order valence-corrected chi connectivity index (χ2v) is 5.94. The van der Waals surface area contributed by atoms with Crippen LogP contribution in [0.3, 0.4) is 0 Å². The summed E-state index contributed by atoms with van der Waals surface area (Å²) in [5.74, 6) is 1.74. The van der Waals surface area contributed by atoms with Crippen LogP contribution in [0.2, 0.25) is 0 Å². The second-order valence-electron chi connectivity index (χ2n) is 5.94. The zero-order valence-corrected chi connectivity index (χ0v) is 12.3. The Balaban J connectivity index is 2.00. The molecule has 0 amide bonds. The molecular formula is C18H23NO. The van der Waals surface area contributed by atoms with Crippen LogP contribution in [0.4, 0.5) is 0 Å². The Morgan fingerprint density at radius 3 is 2.10 bits per heavy atom. The van der Waals surface area contributed by atoms with Crippen LogP contribution in [0.15, 0.2) is 54.6 Å². The van der Waals surface area contributed by atoms with E-state index in [0.29, 0.717) is 0 Å². The highest BCUT2D eigenvalue weighted by molar-refractivity contribution is 5.33. The Morgan fingerprint density at radius 2 is 1.50 bits per heavy atom. The molecular weight excluding hydrogens is 246 g/mol. The van der Waals surface area contributed by atoms with Gasteiger partial charge in [0.1, 0.15) is 11.5 Å². The van der Waals surface area contributed by atoms with Crippen LogP contribution in [0, 0.1) is 5.41 Å². The summed E-state index contributed by atoms with van der Waals surface area (Å²) in [6.45, 7) is 5.25. The lowest BCUT2D eigenvalue weighted by molar-refractivity contribution is 0.338. The van der Waals surface area contributed by atoms with E-state index in [0.717, 1.165) is 30.9 Å². The van der Waals surface area contributed by atoms with Gasteiger partial charge >= 0.3 is 0 Å². The van der Waals surface area contributed by atoms with E-state index in [9.17, 15) is 0 Å². The minimum absolute atomic E-state index is 0.247. The summed E-state index contributed by atoms with van der Waals surface area (Å²) in [7, 11) is 0. The van der Waals surface area contributed by atoms with Crippen LogP contribution >= 0.6 is 0 Å². The molecule has 0 aromatic heterocycles. The third-order valence-electron chi connectivity index (χ3n) is 3.41. The van der Waals surface area contributed by atoms with Crippen molar-refractivity contribution in [3.05, 3.63) is 60.2 Å². The molecule has 20 heavy (non-hydrogen) atoms. The van der Waals surface area contributed by atoms with Crippen LogP contribution in [-0.4, -0.2) is 6.54 Å². The quantitative estimate of drug-likeness (QED) is 0.843. The second kappa shape index (κ2) is 6.58. The molecule has 0 fully saturated rings. The Bertz CT molecular complexity index is 517. The Labute approximate surface area is 121 Å². The summed E-state index contributed by atoms with van der Waals surface area (Å²) >= 11 is 0. The summed E-state index contributed by atoms with van der Waals surface area (Å²) in [6, 6.07) is 18.2. The number of hydrogen-bond acceptors (Lipinski definition) is 2. The van der Waals surface area contributed by atoms with Crippen molar-refractivity contribution in [3.8, 4) is 11.5 Å². The van der Waals surface area contributed by atoms with Crippen molar-refractivity contribution in [2.75, 3.05) is 6.54 Å². The fourth-order valence-electron chi connectivity index (χ4n) is 2.33.